The van der Waals surface area contributed by atoms with Crippen molar-refractivity contribution in [3.63, 3.8) is 0 Å². The van der Waals surface area contributed by atoms with Crippen LogP contribution in [0.3, 0.4) is 0 Å². The van der Waals surface area contributed by atoms with Gasteiger partial charge in [0.15, 0.2) is 0 Å². The minimum atomic E-state index is 0.451. The summed E-state index contributed by atoms with van der Waals surface area (Å²) in [5.41, 5.74) is 2.22. The maximum absolute atomic E-state index is 5.81. The molecule has 0 fully saturated rings. The number of furan rings is 1. The van der Waals surface area contributed by atoms with E-state index >= 15 is 0 Å². The molecule has 2 aromatic heterocycles. The van der Waals surface area contributed by atoms with Gasteiger partial charge in [0, 0.05) is 24.4 Å². The van der Waals surface area contributed by atoms with E-state index in [1.165, 1.54) is 5.56 Å². The lowest BCUT2D eigenvalue weighted by molar-refractivity contribution is 0.107. The second-order valence-electron chi connectivity index (χ2n) is 5.48. The van der Waals surface area contributed by atoms with Crippen molar-refractivity contribution in [1.82, 2.24) is 10.3 Å². The van der Waals surface area contributed by atoms with Crippen LogP contribution in [-0.2, 0) is 24.3 Å². The Bertz CT molecular complexity index is 535. The topological polar surface area (TPSA) is 47.3 Å². The zero-order valence-corrected chi connectivity index (χ0v) is 13.1. The van der Waals surface area contributed by atoms with Gasteiger partial charge in [-0.2, -0.15) is 0 Å². The normalized spacial score (nSPS) is 11.2. The van der Waals surface area contributed by atoms with Crippen LogP contribution in [0.4, 0.5) is 0 Å². The summed E-state index contributed by atoms with van der Waals surface area (Å²) in [6, 6.07) is 8.43. The van der Waals surface area contributed by atoms with E-state index in [2.05, 4.69) is 37.1 Å². The Morgan fingerprint density at radius 1 is 1.33 bits per heavy atom. The van der Waals surface area contributed by atoms with Gasteiger partial charge in [-0.25, -0.2) is 0 Å². The van der Waals surface area contributed by atoms with E-state index in [1.807, 2.05) is 18.2 Å². The Hall–Kier alpha value is -1.65. The summed E-state index contributed by atoms with van der Waals surface area (Å²) < 4.78 is 11.5. The molecule has 0 saturated carbocycles. The highest BCUT2D eigenvalue weighted by atomic mass is 16.5. The van der Waals surface area contributed by atoms with Gasteiger partial charge < -0.3 is 14.5 Å². The Morgan fingerprint density at radius 3 is 2.90 bits per heavy atom. The number of nitrogens with one attached hydrogen (secondary N) is 1. The van der Waals surface area contributed by atoms with Crippen molar-refractivity contribution in [2.24, 2.45) is 0 Å². The number of pyridine rings is 1. The van der Waals surface area contributed by atoms with Crippen molar-refractivity contribution in [3.05, 3.63) is 53.2 Å². The fourth-order valence-corrected chi connectivity index (χ4v) is 2.03. The highest BCUT2D eigenvalue weighted by molar-refractivity contribution is 5.19. The molecule has 0 aromatic carbocycles. The van der Waals surface area contributed by atoms with Crippen molar-refractivity contribution < 1.29 is 9.15 Å². The van der Waals surface area contributed by atoms with Gasteiger partial charge in [0.2, 0.25) is 0 Å². The van der Waals surface area contributed by atoms with E-state index in [0.717, 1.165) is 30.2 Å². The molecule has 0 radical (unpaired) electrons. The van der Waals surface area contributed by atoms with Gasteiger partial charge in [-0.3, -0.25) is 4.98 Å². The van der Waals surface area contributed by atoms with E-state index in [-0.39, 0.29) is 0 Å². The quantitative estimate of drug-likeness (QED) is 0.758. The Labute approximate surface area is 126 Å². The molecule has 2 heterocycles. The molecule has 114 valence electrons. The molecular formula is C17H24N2O2. The monoisotopic (exact) mass is 288 g/mol. The highest BCUT2D eigenvalue weighted by Crippen LogP contribution is 2.15. The number of nitrogens with zero attached hydrogens (tertiary/aromatic N) is 1. The van der Waals surface area contributed by atoms with Gasteiger partial charge in [0.1, 0.15) is 18.1 Å². The van der Waals surface area contributed by atoms with Crippen molar-refractivity contribution in [3.8, 4) is 0 Å². The average Bonchev–Trinajstić information content (AvgIpc) is 2.83. The number of rotatable bonds is 8. The molecule has 0 bridgehead atoms. The molecule has 4 nitrogen and oxygen atoms in total. The maximum atomic E-state index is 5.81. The Kier molecular flexibility index (Phi) is 5.96. The summed E-state index contributed by atoms with van der Waals surface area (Å²) in [5.74, 6) is 1.88. The molecule has 0 aliphatic carbocycles. The van der Waals surface area contributed by atoms with Crippen molar-refractivity contribution >= 4 is 0 Å². The fourth-order valence-electron chi connectivity index (χ4n) is 2.03. The molecule has 4 heteroatoms. The van der Waals surface area contributed by atoms with Crippen LogP contribution < -0.4 is 5.32 Å². The van der Waals surface area contributed by atoms with Gasteiger partial charge in [0.05, 0.1) is 13.2 Å². The SMILES string of the molecule is Cc1cc(COCCc2ccccn2)oc1CNC(C)C. The number of hydrogen-bond acceptors (Lipinski definition) is 4. The highest BCUT2D eigenvalue weighted by Gasteiger charge is 2.08. The Balaban J connectivity index is 1.74. The summed E-state index contributed by atoms with van der Waals surface area (Å²) in [6.07, 6.45) is 2.63. The number of aromatic nitrogens is 1. The molecule has 2 rings (SSSR count). The molecular weight excluding hydrogens is 264 g/mol. The van der Waals surface area contributed by atoms with E-state index in [4.69, 9.17) is 9.15 Å². The minimum absolute atomic E-state index is 0.451. The predicted octanol–water partition coefficient (Wildman–Crippen LogP) is 3.24. The summed E-state index contributed by atoms with van der Waals surface area (Å²) in [4.78, 5) is 4.27. The van der Waals surface area contributed by atoms with Gasteiger partial charge in [-0.05, 0) is 30.7 Å². The van der Waals surface area contributed by atoms with Crippen LogP contribution in [0.1, 0.15) is 36.6 Å². The first-order chi connectivity index (χ1) is 10.1. The second kappa shape index (κ2) is 7.96. The second-order valence-corrected chi connectivity index (χ2v) is 5.48. The molecule has 1 N–H and O–H groups in total. The lowest BCUT2D eigenvalue weighted by Gasteiger charge is -2.06. The van der Waals surface area contributed by atoms with Crippen LogP contribution in [-0.4, -0.2) is 17.6 Å². The van der Waals surface area contributed by atoms with E-state index < -0.39 is 0 Å². The van der Waals surface area contributed by atoms with E-state index in [1.54, 1.807) is 6.20 Å². The van der Waals surface area contributed by atoms with Gasteiger partial charge in [-0.15, -0.1) is 0 Å². The molecule has 0 aliphatic heterocycles. The van der Waals surface area contributed by atoms with Gasteiger partial charge >= 0.3 is 0 Å². The zero-order valence-electron chi connectivity index (χ0n) is 13.1. The first-order valence-corrected chi connectivity index (χ1v) is 7.44. The molecule has 0 atom stereocenters. The summed E-state index contributed by atoms with van der Waals surface area (Å²) >= 11 is 0. The van der Waals surface area contributed by atoms with Crippen molar-refractivity contribution in [2.75, 3.05) is 6.61 Å². The van der Waals surface area contributed by atoms with Crippen molar-refractivity contribution in [1.29, 1.82) is 0 Å². The summed E-state index contributed by atoms with van der Waals surface area (Å²) in [5, 5.41) is 3.36. The molecule has 0 spiro atoms. The van der Waals surface area contributed by atoms with E-state index in [9.17, 15) is 0 Å². The lowest BCUT2D eigenvalue weighted by Crippen LogP contribution is -2.21. The van der Waals surface area contributed by atoms with E-state index in [0.29, 0.717) is 19.3 Å². The standard InChI is InChI=1S/C17H24N2O2/c1-13(2)19-11-17-14(3)10-16(21-17)12-20-9-7-15-6-4-5-8-18-15/h4-6,8,10,13,19H,7,9,11-12H2,1-3H3. The largest absolute Gasteiger partial charge is 0.462 e. The third-order valence-corrected chi connectivity index (χ3v) is 3.22. The molecule has 0 aliphatic rings. The summed E-state index contributed by atoms with van der Waals surface area (Å²) in [7, 11) is 0. The third-order valence-electron chi connectivity index (χ3n) is 3.22. The van der Waals surface area contributed by atoms with Crippen LogP contribution in [0, 0.1) is 6.92 Å². The fraction of sp³-hybridized carbons (Fsp3) is 0.471. The van der Waals surface area contributed by atoms with Crippen LogP contribution in [0.15, 0.2) is 34.9 Å². The van der Waals surface area contributed by atoms with Gasteiger partial charge in [-0.1, -0.05) is 19.9 Å². The average molecular weight is 288 g/mol. The van der Waals surface area contributed by atoms with Crippen LogP contribution >= 0.6 is 0 Å². The van der Waals surface area contributed by atoms with Crippen LogP contribution in [0.25, 0.3) is 0 Å². The number of hydrogen-bond donors (Lipinski definition) is 1. The molecule has 0 saturated heterocycles. The minimum Gasteiger partial charge on any atom is -0.462 e. The first-order valence-electron chi connectivity index (χ1n) is 7.44. The van der Waals surface area contributed by atoms with Gasteiger partial charge in [0.25, 0.3) is 0 Å². The van der Waals surface area contributed by atoms with Crippen LogP contribution in [0.2, 0.25) is 0 Å². The summed E-state index contributed by atoms with van der Waals surface area (Å²) in [6.45, 7) is 8.24. The molecule has 21 heavy (non-hydrogen) atoms. The smallest absolute Gasteiger partial charge is 0.130 e. The van der Waals surface area contributed by atoms with Crippen LogP contribution in [0.5, 0.6) is 0 Å². The zero-order chi connectivity index (χ0) is 15.1. The third kappa shape index (κ3) is 5.33. The molecule has 2 aromatic rings. The Morgan fingerprint density at radius 2 is 2.19 bits per heavy atom. The number of aryl methyl sites for hydroxylation is 1. The lowest BCUT2D eigenvalue weighted by atomic mass is 10.2. The number of ether oxygens (including phenoxy) is 1. The molecule has 0 unspecified atom stereocenters. The first kappa shape index (κ1) is 15.7. The maximum Gasteiger partial charge on any atom is 0.130 e. The van der Waals surface area contributed by atoms with Crippen molar-refractivity contribution in [2.45, 2.75) is 46.4 Å². The molecule has 0 amide bonds. The predicted molar refractivity (Wildman–Crippen MR) is 83.0 cm³/mol.